The van der Waals surface area contributed by atoms with E-state index in [1.54, 1.807) is 41.3 Å². The predicted molar refractivity (Wildman–Crippen MR) is 95.9 cm³/mol. The van der Waals surface area contributed by atoms with Gasteiger partial charge in [-0.25, -0.2) is 9.48 Å². The average molecular weight is 418 g/mol. The zero-order valence-electron chi connectivity index (χ0n) is 13.5. The Morgan fingerprint density at radius 2 is 1.96 bits per heavy atom. The zero-order chi connectivity index (χ0) is 18.7. The van der Waals surface area contributed by atoms with Crippen LogP contribution in [-0.4, -0.2) is 27.8 Å². The summed E-state index contributed by atoms with van der Waals surface area (Å²) < 4.78 is 12.6. The predicted octanol–water partition coefficient (Wildman–Crippen LogP) is 3.77. The molecule has 0 aliphatic heterocycles. The fourth-order valence-corrected chi connectivity index (χ4v) is 2.49. The number of nitrogens with zero attached hydrogens (tertiary/aromatic N) is 3. The van der Waals surface area contributed by atoms with E-state index in [0.29, 0.717) is 5.75 Å². The summed E-state index contributed by atoms with van der Waals surface area (Å²) in [6.45, 7) is 0. The van der Waals surface area contributed by atoms with Crippen LogP contribution in [0.2, 0.25) is 0 Å². The summed E-state index contributed by atoms with van der Waals surface area (Å²) in [5, 5.41) is 15.3. The van der Waals surface area contributed by atoms with Crippen molar-refractivity contribution in [3.8, 4) is 17.2 Å². The van der Waals surface area contributed by atoms with Gasteiger partial charge in [0.1, 0.15) is 5.75 Å². The molecule has 0 saturated heterocycles. The summed E-state index contributed by atoms with van der Waals surface area (Å²) in [6, 6.07) is 10.5. The van der Waals surface area contributed by atoms with Crippen molar-refractivity contribution in [3.05, 3.63) is 75.0 Å². The fourth-order valence-electron chi connectivity index (χ4n) is 2.20. The van der Waals surface area contributed by atoms with Crippen LogP contribution in [0.3, 0.4) is 0 Å². The molecule has 0 spiro atoms. The first-order valence-electron chi connectivity index (χ1n) is 7.33. The van der Waals surface area contributed by atoms with Crippen molar-refractivity contribution in [2.45, 2.75) is 0 Å². The first-order valence-corrected chi connectivity index (χ1v) is 8.12. The molecule has 9 heteroatoms. The molecule has 0 amide bonds. The largest absolute Gasteiger partial charge is 0.496 e. The van der Waals surface area contributed by atoms with Gasteiger partial charge in [-0.15, -0.1) is 0 Å². The number of halogens is 1. The number of hydrogen-bond acceptors (Lipinski definition) is 6. The van der Waals surface area contributed by atoms with Crippen LogP contribution in [0.1, 0.15) is 10.4 Å². The third kappa shape index (κ3) is 3.72. The molecule has 2 aromatic carbocycles. The lowest BCUT2D eigenvalue weighted by Crippen LogP contribution is -2.10. The van der Waals surface area contributed by atoms with Crippen LogP contribution in [0.5, 0.6) is 11.5 Å². The van der Waals surface area contributed by atoms with Crippen LogP contribution < -0.4 is 9.47 Å². The Hall–Kier alpha value is -3.20. The maximum atomic E-state index is 12.3. The van der Waals surface area contributed by atoms with Crippen molar-refractivity contribution in [1.82, 2.24) is 9.78 Å². The van der Waals surface area contributed by atoms with Crippen molar-refractivity contribution in [3.63, 3.8) is 0 Å². The number of carbonyl (C=O) groups excluding carboxylic acids is 1. The van der Waals surface area contributed by atoms with Crippen molar-refractivity contribution >= 4 is 27.6 Å². The normalized spacial score (nSPS) is 10.4. The lowest BCUT2D eigenvalue weighted by atomic mass is 10.2. The van der Waals surface area contributed by atoms with Crippen molar-refractivity contribution in [2.24, 2.45) is 0 Å². The first-order chi connectivity index (χ1) is 12.5. The van der Waals surface area contributed by atoms with E-state index in [-0.39, 0.29) is 17.0 Å². The zero-order valence-corrected chi connectivity index (χ0v) is 15.0. The Balaban J connectivity index is 1.81. The molecular formula is C17H12BrN3O5. The van der Waals surface area contributed by atoms with Gasteiger partial charge in [-0.05, 0) is 52.3 Å². The minimum absolute atomic E-state index is 0.152. The molecule has 132 valence electrons. The Kier molecular flexibility index (Phi) is 4.99. The van der Waals surface area contributed by atoms with Gasteiger partial charge in [0.25, 0.3) is 0 Å². The van der Waals surface area contributed by atoms with E-state index in [0.717, 1.165) is 10.2 Å². The summed E-state index contributed by atoms with van der Waals surface area (Å²) in [7, 11) is 1.39. The van der Waals surface area contributed by atoms with Crippen LogP contribution in [0.25, 0.3) is 5.69 Å². The van der Waals surface area contributed by atoms with Gasteiger partial charge in [0.15, 0.2) is 0 Å². The Labute approximate surface area is 156 Å². The quantitative estimate of drug-likeness (QED) is 0.271. The lowest BCUT2D eigenvalue weighted by molar-refractivity contribution is -0.385. The molecule has 1 heterocycles. The third-order valence-electron chi connectivity index (χ3n) is 3.48. The van der Waals surface area contributed by atoms with E-state index in [9.17, 15) is 14.9 Å². The highest BCUT2D eigenvalue weighted by Crippen LogP contribution is 2.31. The number of rotatable bonds is 5. The number of methoxy groups -OCH3 is 1. The summed E-state index contributed by atoms with van der Waals surface area (Å²) in [6.07, 6.45) is 3.42. The Bertz CT molecular complexity index is 969. The molecule has 0 radical (unpaired) electrons. The molecule has 0 aliphatic carbocycles. The monoisotopic (exact) mass is 417 g/mol. The lowest BCUT2D eigenvalue weighted by Gasteiger charge is -2.07. The van der Waals surface area contributed by atoms with Crippen LogP contribution >= 0.6 is 15.9 Å². The minimum atomic E-state index is -0.702. The molecular weight excluding hydrogens is 406 g/mol. The van der Waals surface area contributed by atoms with Crippen molar-refractivity contribution in [2.75, 3.05) is 7.11 Å². The Morgan fingerprint density at radius 1 is 1.23 bits per heavy atom. The molecule has 3 aromatic rings. The van der Waals surface area contributed by atoms with Gasteiger partial charge in [0.2, 0.25) is 5.75 Å². The van der Waals surface area contributed by atoms with Gasteiger partial charge >= 0.3 is 11.7 Å². The van der Waals surface area contributed by atoms with E-state index in [1.165, 1.54) is 25.3 Å². The van der Waals surface area contributed by atoms with Crippen LogP contribution in [0.15, 0.2) is 59.3 Å². The van der Waals surface area contributed by atoms with Gasteiger partial charge in [0.05, 0.1) is 40.0 Å². The van der Waals surface area contributed by atoms with Gasteiger partial charge in [-0.2, -0.15) is 5.10 Å². The molecule has 3 rings (SSSR count). The second-order valence-corrected chi connectivity index (χ2v) is 6.05. The molecule has 0 saturated carbocycles. The molecule has 0 N–H and O–H groups in total. The number of esters is 1. The standard InChI is InChI=1S/C17H12BrN3O5/c1-25-14-6-7-16(15(8-14)21(23)24)26-17(22)11-2-4-13(5-3-11)20-10-12(18)9-19-20/h2-10H,1H3. The number of nitro benzene ring substituents is 1. The minimum Gasteiger partial charge on any atom is -0.496 e. The van der Waals surface area contributed by atoms with E-state index in [2.05, 4.69) is 21.0 Å². The SMILES string of the molecule is COc1ccc(OC(=O)c2ccc(-n3cc(Br)cn3)cc2)c([N+](=O)[O-])c1. The van der Waals surface area contributed by atoms with Gasteiger partial charge in [0, 0.05) is 6.20 Å². The number of ether oxygens (including phenoxy) is 2. The average Bonchev–Trinajstić information content (AvgIpc) is 3.08. The third-order valence-corrected chi connectivity index (χ3v) is 3.89. The second-order valence-electron chi connectivity index (χ2n) is 5.13. The van der Waals surface area contributed by atoms with Crippen LogP contribution in [0, 0.1) is 10.1 Å². The first kappa shape index (κ1) is 17.6. The number of aromatic nitrogens is 2. The van der Waals surface area contributed by atoms with E-state index < -0.39 is 10.9 Å². The molecule has 1 aromatic heterocycles. The molecule has 0 atom stereocenters. The van der Waals surface area contributed by atoms with Crippen LogP contribution in [-0.2, 0) is 0 Å². The van der Waals surface area contributed by atoms with Gasteiger partial charge in [-0.1, -0.05) is 0 Å². The molecule has 0 unspecified atom stereocenters. The molecule has 0 aliphatic rings. The highest BCUT2D eigenvalue weighted by Gasteiger charge is 2.20. The number of nitro groups is 1. The van der Waals surface area contributed by atoms with Crippen LogP contribution in [0.4, 0.5) is 5.69 Å². The molecule has 26 heavy (non-hydrogen) atoms. The highest BCUT2D eigenvalue weighted by molar-refractivity contribution is 9.10. The number of carbonyl (C=O) groups is 1. The van der Waals surface area contributed by atoms with Gasteiger partial charge < -0.3 is 9.47 Å². The topological polar surface area (TPSA) is 96.5 Å². The molecule has 8 nitrogen and oxygen atoms in total. The number of hydrogen-bond donors (Lipinski definition) is 0. The van der Waals surface area contributed by atoms with Gasteiger partial charge in [-0.3, -0.25) is 10.1 Å². The van der Waals surface area contributed by atoms with Crippen molar-refractivity contribution < 1.29 is 19.2 Å². The van der Waals surface area contributed by atoms with Crippen molar-refractivity contribution in [1.29, 1.82) is 0 Å². The maximum Gasteiger partial charge on any atom is 0.343 e. The van der Waals surface area contributed by atoms with E-state index in [1.807, 2.05) is 0 Å². The summed E-state index contributed by atoms with van der Waals surface area (Å²) in [5.41, 5.74) is 0.656. The van der Waals surface area contributed by atoms with E-state index in [4.69, 9.17) is 9.47 Å². The number of benzene rings is 2. The summed E-state index contributed by atoms with van der Waals surface area (Å²) in [5.74, 6) is -0.557. The Morgan fingerprint density at radius 3 is 2.54 bits per heavy atom. The smallest absolute Gasteiger partial charge is 0.343 e. The maximum absolute atomic E-state index is 12.3. The fraction of sp³-hybridized carbons (Fsp3) is 0.0588. The summed E-state index contributed by atoms with van der Waals surface area (Å²) >= 11 is 3.31. The second kappa shape index (κ2) is 7.36. The molecule has 0 fully saturated rings. The van der Waals surface area contributed by atoms with E-state index >= 15 is 0 Å². The highest BCUT2D eigenvalue weighted by atomic mass is 79.9. The molecule has 0 bridgehead atoms. The summed E-state index contributed by atoms with van der Waals surface area (Å²) in [4.78, 5) is 22.8.